The molecule has 0 aliphatic carbocycles. The molecule has 3 nitrogen and oxygen atoms in total. The molecule has 1 aromatic carbocycles. The van der Waals surface area contributed by atoms with E-state index in [0.717, 1.165) is 17.4 Å². The van der Waals surface area contributed by atoms with E-state index in [0.29, 0.717) is 21.1 Å². The number of nitrogens with zero attached hydrogens (tertiary/aromatic N) is 1. The van der Waals surface area contributed by atoms with E-state index in [1.807, 2.05) is 0 Å². The average Bonchev–Trinajstić information content (AvgIpc) is 2.58. The van der Waals surface area contributed by atoms with Gasteiger partial charge in [-0.25, -0.2) is 13.8 Å². The van der Waals surface area contributed by atoms with Crippen LogP contribution in [-0.2, 0) is 11.2 Å². The van der Waals surface area contributed by atoms with Crippen molar-refractivity contribution in [1.29, 1.82) is 0 Å². The van der Waals surface area contributed by atoms with Gasteiger partial charge in [-0.15, -0.1) is 11.3 Å². The summed E-state index contributed by atoms with van der Waals surface area (Å²) in [6.07, 6.45) is -0.138. The molecule has 2 aromatic rings. The number of aromatic nitrogens is 1. The number of carboxylic acids is 1. The molecule has 0 amide bonds. The number of aryl methyl sites for hydroxylation is 1. The van der Waals surface area contributed by atoms with Crippen molar-refractivity contribution in [2.75, 3.05) is 0 Å². The largest absolute Gasteiger partial charge is 0.481 e. The van der Waals surface area contributed by atoms with Crippen LogP contribution in [0.3, 0.4) is 0 Å². The molecule has 2 rings (SSSR count). The molecule has 0 aliphatic heterocycles. The van der Waals surface area contributed by atoms with Gasteiger partial charge in [-0.2, -0.15) is 0 Å². The third-order valence-electron chi connectivity index (χ3n) is 2.31. The van der Waals surface area contributed by atoms with Crippen molar-refractivity contribution in [1.82, 2.24) is 4.98 Å². The summed E-state index contributed by atoms with van der Waals surface area (Å²) in [6.45, 7) is 1.67. The second-order valence-corrected chi connectivity index (χ2v) is 4.84. The van der Waals surface area contributed by atoms with Gasteiger partial charge < -0.3 is 5.11 Å². The van der Waals surface area contributed by atoms with Crippen molar-refractivity contribution in [2.45, 2.75) is 13.3 Å². The SMILES string of the molecule is Cc1nc(-c2cc(F)cc(F)c2)sc1CC(=O)O. The molecule has 94 valence electrons. The van der Waals surface area contributed by atoms with Crippen LogP contribution in [0.4, 0.5) is 8.78 Å². The lowest BCUT2D eigenvalue weighted by Gasteiger charge is -1.97. The Labute approximate surface area is 106 Å². The molecule has 0 fully saturated rings. The number of hydrogen-bond donors (Lipinski definition) is 1. The van der Waals surface area contributed by atoms with Crippen molar-refractivity contribution >= 4 is 17.3 Å². The zero-order valence-electron chi connectivity index (χ0n) is 9.41. The van der Waals surface area contributed by atoms with E-state index in [4.69, 9.17) is 5.11 Å². The topological polar surface area (TPSA) is 50.2 Å². The fourth-order valence-electron chi connectivity index (χ4n) is 1.53. The maximum Gasteiger partial charge on any atom is 0.308 e. The number of halogens is 2. The van der Waals surface area contributed by atoms with E-state index in [9.17, 15) is 13.6 Å². The molecule has 0 aliphatic rings. The zero-order valence-corrected chi connectivity index (χ0v) is 10.2. The third-order valence-corrected chi connectivity index (χ3v) is 3.52. The highest BCUT2D eigenvalue weighted by molar-refractivity contribution is 7.15. The third kappa shape index (κ3) is 2.70. The second kappa shape index (κ2) is 4.81. The van der Waals surface area contributed by atoms with Gasteiger partial charge in [0.25, 0.3) is 0 Å². The first-order valence-corrected chi connectivity index (χ1v) is 5.92. The zero-order chi connectivity index (χ0) is 13.3. The van der Waals surface area contributed by atoms with Crippen LogP contribution in [0, 0.1) is 18.6 Å². The monoisotopic (exact) mass is 269 g/mol. The molecule has 1 heterocycles. The van der Waals surface area contributed by atoms with Gasteiger partial charge in [-0.05, 0) is 19.1 Å². The first-order chi connectivity index (χ1) is 8.45. The van der Waals surface area contributed by atoms with E-state index in [2.05, 4.69) is 4.98 Å². The summed E-state index contributed by atoms with van der Waals surface area (Å²) in [5.74, 6) is -2.33. The number of carboxylic acid groups (broad SMARTS) is 1. The lowest BCUT2D eigenvalue weighted by molar-refractivity contribution is -0.136. The van der Waals surface area contributed by atoms with Gasteiger partial charge in [0.2, 0.25) is 0 Å². The van der Waals surface area contributed by atoms with E-state index < -0.39 is 17.6 Å². The van der Waals surface area contributed by atoms with Crippen LogP contribution in [0.5, 0.6) is 0 Å². The van der Waals surface area contributed by atoms with Crippen LogP contribution < -0.4 is 0 Å². The Kier molecular flexibility index (Phi) is 3.38. The Hall–Kier alpha value is -1.82. The predicted molar refractivity (Wildman–Crippen MR) is 63.5 cm³/mol. The van der Waals surface area contributed by atoms with Crippen LogP contribution in [0.1, 0.15) is 10.6 Å². The quantitative estimate of drug-likeness (QED) is 0.931. The number of carbonyl (C=O) groups is 1. The molecule has 0 unspecified atom stereocenters. The molecule has 0 radical (unpaired) electrons. The number of hydrogen-bond acceptors (Lipinski definition) is 3. The fourth-order valence-corrected chi connectivity index (χ4v) is 2.57. The Morgan fingerprint density at radius 3 is 2.50 bits per heavy atom. The molecule has 6 heteroatoms. The molecule has 0 bridgehead atoms. The number of rotatable bonds is 3. The normalized spacial score (nSPS) is 10.6. The maximum atomic E-state index is 13.1. The highest BCUT2D eigenvalue weighted by atomic mass is 32.1. The summed E-state index contributed by atoms with van der Waals surface area (Å²) in [5.41, 5.74) is 0.888. The maximum absolute atomic E-state index is 13.1. The summed E-state index contributed by atoms with van der Waals surface area (Å²) in [4.78, 5) is 15.4. The number of aliphatic carboxylic acids is 1. The summed E-state index contributed by atoms with van der Waals surface area (Å²) in [5, 5.41) is 9.14. The lowest BCUT2D eigenvalue weighted by Crippen LogP contribution is -1.99. The second-order valence-electron chi connectivity index (χ2n) is 3.76. The smallest absolute Gasteiger partial charge is 0.308 e. The molecular weight excluding hydrogens is 260 g/mol. The molecule has 0 saturated heterocycles. The molecule has 0 atom stereocenters. The highest BCUT2D eigenvalue weighted by Gasteiger charge is 2.13. The average molecular weight is 269 g/mol. The van der Waals surface area contributed by atoms with Gasteiger partial charge in [0.1, 0.15) is 16.6 Å². The summed E-state index contributed by atoms with van der Waals surface area (Å²) in [6, 6.07) is 3.12. The summed E-state index contributed by atoms with van der Waals surface area (Å²) < 4.78 is 26.1. The molecule has 1 N–H and O–H groups in total. The van der Waals surface area contributed by atoms with Crippen LogP contribution in [0.25, 0.3) is 10.6 Å². The molecule has 18 heavy (non-hydrogen) atoms. The fraction of sp³-hybridized carbons (Fsp3) is 0.167. The van der Waals surface area contributed by atoms with Crippen LogP contribution in [0.15, 0.2) is 18.2 Å². The molecule has 0 saturated carbocycles. The first kappa shape index (κ1) is 12.6. The van der Waals surface area contributed by atoms with Crippen molar-refractivity contribution in [3.05, 3.63) is 40.4 Å². The number of benzene rings is 1. The van der Waals surface area contributed by atoms with E-state index in [-0.39, 0.29) is 6.42 Å². The lowest BCUT2D eigenvalue weighted by atomic mass is 10.2. The Bertz CT molecular complexity index is 590. The van der Waals surface area contributed by atoms with Crippen LogP contribution in [0.2, 0.25) is 0 Å². The van der Waals surface area contributed by atoms with E-state index >= 15 is 0 Å². The minimum atomic E-state index is -0.960. The van der Waals surface area contributed by atoms with Gasteiger partial charge in [-0.3, -0.25) is 4.79 Å². The van der Waals surface area contributed by atoms with Gasteiger partial charge in [0.15, 0.2) is 0 Å². The van der Waals surface area contributed by atoms with Gasteiger partial charge in [0, 0.05) is 16.5 Å². The minimum absolute atomic E-state index is 0.138. The summed E-state index contributed by atoms with van der Waals surface area (Å²) >= 11 is 1.13. The highest BCUT2D eigenvalue weighted by Crippen LogP contribution is 2.29. The first-order valence-electron chi connectivity index (χ1n) is 5.10. The molecular formula is C12H9F2NO2S. The Morgan fingerprint density at radius 2 is 1.94 bits per heavy atom. The standard InChI is InChI=1S/C12H9F2NO2S/c1-6-10(5-11(16)17)18-12(15-6)7-2-8(13)4-9(14)3-7/h2-4H,5H2,1H3,(H,16,17). The molecule has 0 spiro atoms. The Morgan fingerprint density at radius 1 is 1.33 bits per heavy atom. The summed E-state index contributed by atoms with van der Waals surface area (Å²) in [7, 11) is 0. The van der Waals surface area contributed by atoms with Gasteiger partial charge in [0.05, 0.1) is 12.1 Å². The Balaban J connectivity index is 2.42. The van der Waals surface area contributed by atoms with Crippen molar-refractivity contribution in [2.24, 2.45) is 0 Å². The molecule has 1 aromatic heterocycles. The van der Waals surface area contributed by atoms with Crippen LogP contribution in [-0.4, -0.2) is 16.1 Å². The van der Waals surface area contributed by atoms with Crippen LogP contribution >= 0.6 is 11.3 Å². The van der Waals surface area contributed by atoms with Gasteiger partial charge in [-0.1, -0.05) is 0 Å². The van der Waals surface area contributed by atoms with E-state index in [1.165, 1.54) is 12.1 Å². The predicted octanol–water partition coefficient (Wildman–Crippen LogP) is 3.02. The number of thiazole rings is 1. The minimum Gasteiger partial charge on any atom is -0.481 e. The van der Waals surface area contributed by atoms with E-state index in [1.54, 1.807) is 6.92 Å². The van der Waals surface area contributed by atoms with Gasteiger partial charge >= 0.3 is 5.97 Å². The van der Waals surface area contributed by atoms with Crippen molar-refractivity contribution < 1.29 is 18.7 Å². The van der Waals surface area contributed by atoms with Crippen molar-refractivity contribution in [3.63, 3.8) is 0 Å². The van der Waals surface area contributed by atoms with Crippen molar-refractivity contribution in [3.8, 4) is 10.6 Å².